The van der Waals surface area contributed by atoms with E-state index >= 15 is 0 Å². The van der Waals surface area contributed by atoms with E-state index in [1.54, 1.807) is 110 Å². The predicted octanol–water partition coefficient (Wildman–Crippen LogP) is 4.47. The molecule has 0 spiro atoms. The number of nitrogens with zero attached hydrogens (tertiary/aromatic N) is 2. The Morgan fingerprint density at radius 1 is 0.611 bits per heavy atom. The number of fused-ring (bicyclic) bond motifs is 2. The highest BCUT2D eigenvalue weighted by molar-refractivity contribution is 7.93. The fraction of sp³-hybridized carbons (Fsp3) is 0.211. The molecule has 0 saturated heterocycles. The fourth-order valence-corrected chi connectivity index (χ4v) is 9.78. The van der Waals surface area contributed by atoms with Gasteiger partial charge in [0, 0.05) is 0 Å². The molecule has 16 heteroatoms. The highest BCUT2D eigenvalue weighted by Crippen LogP contribution is 2.46. The van der Waals surface area contributed by atoms with Crippen molar-refractivity contribution in [3.63, 3.8) is 0 Å². The number of carbonyl (C=O) groups is 2. The predicted molar refractivity (Wildman–Crippen MR) is 198 cm³/mol. The third-order valence-corrected chi connectivity index (χ3v) is 12.2. The van der Waals surface area contributed by atoms with Crippen molar-refractivity contribution in [3.05, 3.63) is 108 Å². The van der Waals surface area contributed by atoms with Crippen molar-refractivity contribution < 1.29 is 46.3 Å². The summed E-state index contributed by atoms with van der Waals surface area (Å²) in [6, 6.07) is 24.6. The van der Waals surface area contributed by atoms with Gasteiger partial charge < -0.3 is 9.47 Å². The van der Waals surface area contributed by atoms with E-state index in [4.69, 9.17) is 19.9 Å². The smallest absolute Gasteiger partial charge is 0.265 e. The van der Waals surface area contributed by atoms with Gasteiger partial charge in [0.15, 0.2) is 0 Å². The Kier molecular flexibility index (Phi) is 12.5. The van der Waals surface area contributed by atoms with E-state index in [9.17, 15) is 26.4 Å². The maximum Gasteiger partial charge on any atom is 0.265 e. The van der Waals surface area contributed by atoms with Crippen LogP contribution in [0.15, 0.2) is 107 Å². The molecule has 2 atom stereocenters. The van der Waals surface area contributed by atoms with Gasteiger partial charge in [0.25, 0.3) is 20.0 Å². The Bertz CT molecular complexity index is 2180. The summed E-state index contributed by atoms with van der Waals surface area (Å²) in [5.74, 6) is 10.8. The number of ether oxygens (including phenoxy) is 2. The quantitative estimate of drug-likeness (QED) is 0.102. The normalized spacial score (nSPS) is 16.8. The summed E-state index contributed by atoms with van der Waals surface area (Å²) in [7, 11) is -7.66. The number of amides is 2. The van der Waals surface area contributed by atoms with Crippen molar-refractivity contribution in [1.82, 2.24) is 11.0 Å². The highest BCUT2D eigenvalue weighted by Gasteiger charge is 2.44. The van der Waals surface area contributed by atoms with Gasteiger partial charge in [0.1, 0.15) is 24.7 Å². The molecular weight excluding hydrogens is 737 g/mol. The summed E-state index contributed by atoms with van der Waals surface area (Å²) in [6.45, 7) is 3.90. The lowest BCUT2D eigenvalue weighted by molar-refractivity contribution is -0.130. The number of sulfonamides is 2. The molecule has 4 aromatic rings. The molecule has 0 aliphatic carbocycles. The summed E-state index contributed by atoms with van der Waals surface area (Å²) in [4.78, 5) is 23.8. The molecule has 280 valence electrons. The molecule has 4 N–H and O–H groups in total. The van der Waals surface area contributed by atoms with Gasteiger partial charge in [-0.3, -0.25) is 28.6 Å². The van der Waals surface area contributed by atoms with E-state index in [1.807, 2.05) is 0 Å². The second-order valence-electron chi connectivity index (χ2n) is 11.6. The Labute approximate surface area is 313 Å². The first kappa shape index (κ1) is 39.2. The molecule has 2 aliphatic rings. The van der Waals surface area contributed by atoms with Crippen LogP contribution in [0.25, 0.3) is 0 Å². The summed E-state index contributed by atoms with van der Waals surface area (Å²) in [5.41, 5.74) is 4.96. The van der Waals surface area contributed by atoms with Crippen LogP contribution < -0.4 is 29.0 Å². The average Bonchev–Trinajstić information content (AvgIpc) is 3.54. The molecule has 0 radical (unpaired) electrons. The van der Waals surface area contributed by atoms with Crippen molar-refractivity contribution in [2.45, 2.75) is 48.6 Å². The first-order chi connectivity index (χ1) is 26.0. The molecule has 14 nitrogen and oxygen atoms in total. The minimum atomic E-state index is -3.83. The van der Waals surface area contributed by atoms with Gasteiger partial charge >= 0.3 is 0 Å². The lowest BCUT2D eigenvalue weighted by Gasteiger charge is -2.25. The van der Waals surface area contributed by atoms with Gasteiger partial charge in [-0.15, -0.1) is 11.8 Å². The van der Waals surface area contributed by atoms with Crippen molar-refractivity contribution in [2.75, 3.05) is 21.8 Å². The third-order valence-electron chi connectivity index (χ3n) is 8.36. The number of nitrogens with one attached hydrogen (secondary N) is 2. The first-order valence-electron chi connectivity index (χ1n) is 16.4. The summed E-state index contributed by atoms with van der Waals surface area (Å²) in [5, 5.41) is 17.7. The maximum atomic E-state index is 13.0. The average molecular weight is 773 g/mol. The highest BCUT2D eigenvalue weighted by atomic mass is 32.2. The van der Waals surface area contributed by atoms with Crippen LogP contribution in [-0.2, 0) is 29.6 Å². The first-order valence-corrected chi connectivity index (χ1v) is 19.2. The second kappa shape index (κ2) is 17.2. The number of hydrogen-bond acceptors (Lipinski definition) is 10. The molecule has 0 saturated carbocycles. The largest absolute Gasteiger partial charge is 0.481 e. The molecule has 6 rings (SSSR count). The van der Waals surface area contributed by atoms with Crippen LogP contribution in [-0.4, -0.2) is 52.3 Å². The van der Waals surface area contributed by atoms with Crippen LogP contribution in [0.2, 0.25) is 0 Å². The fourth-order valence-electron chi connectivity index (χ4n) is 6.01. The van der Waals surface area contributed by atoms with E-state index in [1.165, 1.54) is 20.7 Å². The summed E-state index contributed by atoms with van der Waals surface area (Å²) in [6.07, 6.45) is -0.422. The molecule has 0 aromatic heterocycles. The number of rotatable bonds is 10. The Hall–Kier alpha value is -6.04. The number of carbonyl (C=O) groups excluding carboxylic acids is 2. The molecule has 0 unspecified atom stereocenters. The van der Waals surface area contributed by atoms with Gasteiger partial charge in [-0.05, 0) is 85.6 Å². The van der Waals surface area contributed by atoms with E-state index in [0.717, 1.165) is 0 Å². The lowest BCUT2D eigenvalue weighted by Crippen LogP contribution is -2.32. The number of hydrogen-bond donors (Lipinski definition) is 4. The van der Waals surface area contributed by atoms with E-state index < -0.39 is 43.9 Å². The summed E-state index contributed by atoms with van der Waals surface area (Å²) < 4.78 is 65.5. The monoisotopic (exact) mass is 772 g/mol. The number of anilines is 2. The third kappa shape index (κ3) is 8.27. The van der Waals surface area contributed by atoms with Crippen molar-refractivity contribution in [3.8, 4) is 35.2 Å². The van der Waals surface area contributed by atoms with E-state index in [2.05, 4.69) is 23.7 Å². The van der Waals surface area contributed by atoms with Crippen LogP contribution >= 0.6 is 0 Å². The van der Waals surface area contributed by atoms with Crippen molar-refractivity contribution in [1.29, 1.82) is 0 Å². The Morgan fingerprint density at radius 3 is 1.30 bits per heavy atom. The molecule has 4 aromatic carbocycles. The minimum Gasteiger partial charge on any atom is -0.481 e. The zero-order chi connectivity index (χ0) is 38.9. The Balaban J connectivity index is 0.000000208. The van der Waals surface area contributed by atoms with Gasteiger partial charge in [-0.25, -0.2) is 27.8 Å². The molecule has 0 bridgehead atoms. The van der Waals surface area contributed by atoms with Crippen LogP contribution in [0.1, 0.15) is 49.9 Å². The van der Waals surface area contributed by atoms with Gasteiger partial charge in [-0.2, -0.15) is 0 Å². The second-order valence-corrected chi connectivity index (χ2v) is 15.2. The standard InChI is InChI=1S/2C19H18N2O5S/c2*1-2-3-12-26-15-10-8-14(9-11-15)21-17(13-19(22)20-23)16-6-4-5-7-18(16)27(21,24)25/h2*4-11,17,23H,12-13H2,1H3,(H,20,22)/t2*17-/m10/s1. The van der Waals surface area contributed by atoms with Crippen LogP contribution in [0.3, 0.4) is 0 Å². The van der Waals surface area contributed by atoms with Crippen molar-refractivity contribution >= 4 is 43.2 Å². The molecular formula is C38H36N4O10S2. The zero-order valence-electron chi connectivity index (χ0n) is 29.1. The zero-order valence-corrected chi connectivity index (χ0v) is 30.7. The maximum absolute atomic E-state index is 13.0. The molecule has 2 heterocycles. The van der Waals surface area contributed by atoms with Gasteiger partial charge in [-0.1, -0.05) is 48.2 Å². The van der Waals surface area contributed by atoms with Crippen LogP contribution in [0.4, 0.5) is 11.4 Å². The molecule has 0 fully saturated rings. The summed E-state index contributed by atoms with van der Waals surface area (Å²) >= 11 is 0. The molecule has 2 amide bonds. The topological polar surface area (TPSA) is 192 Å². The molecule has 54 heavy (non-hydrogen) atoms. The van der Waals surface area contributed by atoms with E-state index in [0.29, 0.717) is 34.0 Å². The molecule has 2 aliphatic heterocycles. The van der Waals surface area contributed by atoms with Crippen molar-refractivity contribution in [2.24, 2.45) is 0 Å². The minimum absolute atomic E-state index is 0.152. The van der Waals surface area contributed by atoms with Gasteiger partial charge in [0.2, 0.25) is 11.8 Å². The number of hydroxylamine groups is 2. The number of benzene rings is 4. The van der Waals surface area contributed by atoms with E-state index in [-0.39, 0.29) is 35.8 Å². The SMILES string of the molecule is CC#CCOc1ccc(N2[C@@H](CC(=O)NO)c3ccccc3S2(=O)=O)cc1.CC#CCOc1ccc(N2[C@H](CC(=O)NO)c3ccccc3S2(=O)=O)cc1. The lowest BCUT2D eigenvalue weighted by atomic mass is 10.0. The van der Waals surface area contributed by atoms with Crippen LogP contribution in [0, 0.1) is 23.7 Å². The Morgan fingerprint density at radius 2 is 0.963 bits per heavy atom. The van der Waals surface area contributed by atoms with Gasteiger partial charge in [0.05, 0.1) is 46.1 Å². The van der Waals surface area contributed by atoms with Crippen LogP contribution in [0.5, 0.6) is 11.5 Å².